The fourth-order valence-corrected chi connectivity index (χ4v) is 2.05. The maximum Gasteiger partial charge on any atom is 0.317 e. The minimum atomic E-state index is -0.293. The number of morpholine rings is 1. The highest BCUT2D eigenvalue weighted by Gasteiger charge is 2.25. The van der Waals surface area contributed by atoms with E-state index in [0.717, 1.165) is 0 Å². The lowest BCUT2D eigenvalue weighted by molar-refractivity contribution is -0.147. The van der Waals surface area contributed by atoms with Gasteiger partial charge < -0.3 is 19.7 Å². The molecule has 6 nitrogen and oxygen atoms in total. The number of amides is 2. The van der Waals surface area contributed by atoms with Gasteiger partial charge in [-0.2, -0.15) is 0 Å². The Morgan fingerprint density at radius 1 is 1.32 bits per heavy atom. The van der Waals surface area contributed by atoms with Crippen molar-refractivity contribution < 1.29 is 19.1 Å². The van der Waals surface area contributed by atoms with E-state index in [1.807, 2.05) is 13.8 Å². The molecule has 0 aromatic carbocycles. The van der Waals surface area contributed by atoms with Crippen LogP contribution in [0.2, 0.25) is 0 Å². The van der Waals surface area contributed by atoms with Crippen molar-refractivity contribution in [2.24, 2.45) is 0 Å². The van der Waals surface area contributed by atoms with Crippen molar-refractivity contribution in [3.8, 4) is 0 Å². The molecule has 0 aromatic heterocycles. The Kier molecular flexibility index (Phi) is 6.08. The van der Waals surface area contributed by atoms with Crippen LogP contribution in [0.25, 0.3) is 0 Å². The Bertz CT molecular complexity index is 310. The van der Waals surface area contributed by atoms with Crippen LogP contribution < -0.4 is 5.32 Å². The average molecular weight is 272 g/mol. The van der Waals surface area contributed by atoms with Crippen LogP contribution in [0.15, 0.2) is 0 Å². The summed E-state index contributed by atoms with van der Waals surface area (Å²) < 4.78 is 10.5. The standard InChI is InChI=1S/C13H24N2O4/c1-9(2)18-12(16)5-6-14-13(17)15-7-10(3)19-11(4)8-15/h9-11H,5-8H2,1-4H3,(H,14,17). The number of urea groups is 1. The number of nitrogens with one attached hydrogen (secondary N) is 1. The fraction of sp³-hybridized carbons (Fsp3) is 0.846. The molecule has 0 radical (unpaired) electrons. The summed E-state index contributed by atoms with van der Waals surface area (Å²) in [6.45, 7) is 8.93. The summed E-state index contributed by atoms with van der Waals surface area (Å²) in [4.78, 5) is 24.9. The lowest BCUT2D eigenvalue weighted by atomic mass is 10.2. The van der Waals surface area contributed by atoms with Crippen molar-refractivity contribution in [1.82, 2.24) is 10.2 Å². The lowest BCUT2D eigenvalue weighted by Crippen LogP contribution is -2.51. The summed E-state index contributed by atoms with van der Waals surface area (Å²) in [5, 5.41) is 2.73. The second-order valence-corrected chi connectivity index (χ2v) is 5.18. The first-order chi connectivity index (χ1) is 8.88. The van der Waals surface area contributed by atoms with E-state index in [1.165, 1.54) is 0 Å². The number of carbonyl (C=O) groups excluding carboxylic acids is 2. The molecule has 2 unspecified atom stereocenters. The Morgan fingerprint density at radius 2 is 1.89 bits per heavy atom. The topological polar surface area (TPSA) is 67.9 Å². The molecule has 0 aromatic rings. The molecule has 0 saturated carbocycles. The summed E-state index contributed by atoms with van der Waals surface area (Å²) in [5.41, 5.74) is 0. The molecule has 19 heavy (non-hydrogen) atoms. The van der Waals surface area contributed by atoms with Crippen molar-refractivity contribution in [3.05, 3.63) is 0 Å². The van der Waals surface area contributed by atoms with Gasteiger partial charge in [0.1, 0.15) is 0 Å². The number of esters is 1. The van der Waals surface area contributed by atoms with Gasteiger partial charge in [-0.1, -0.05) is 0 Å². The van der Waals surface area contributed by atoms with Crippen LogP contribution in [0.4, 0.5) is 4.79 Å². The zero-order valence-corrected chi connectivity index (χ0v) is 12.1. The van der Waals surface area contributed by atoms with E-state index < -0.39 is 0 Å². The fourth-order valence-electron chi connectivity index (χ4n) is 2.05. The molecule has 1 N–H and O–H groups in total. The molecule has 1 aliphatic rings. The summed E-state index contributed by atoms with van der Waals surface area (Å²) in [6, 6.07) is -0.153. The first-order valence-corrected chi connectivity index (χ1v) is 6.76. The van der Waals surface area contributed by atoms with E-state index in [-0.39, 0.29) is 36.7 Å². The van der Waals surface area contributed by atoms with Gasteiger partial charge in [-0.15, -0.1) is 0 Å². The van der Waals surface area contributed by atoms with Gasteiger partial charge in [0.15, 0.2) is 0 Å². The van der Waals surface area contributed by atoms with Gasteiger partial charge in [0.2, 0.25) is 0 Å². The smallest absolute Gasteiger partial charge is 0.317 e. The van der Waals surface area contributed by atoms with E-state index in [4.69, 9.17) is 9.47 Å². The number of hydrogen-bond acceptors (Lipinski definition) is 4. The quantitative estimate of drug-likeness (QED) is 0.779. The zero-order valence-electron chi connectivity index (χ0n) is 12.1. The molecule has 2 atom stereocenters. The van der Waals surface area contributed by atoms with E-state index in [1.54, 1.807) is 18.7 Å². The highest BCUT2D eigenvalue weighted by atomic mass is 16.5. The van der Waals surface area contributed by atoms with Gasteiger partial charge >= 0.3 is 12.0 Å². The number of nitrogens with zero attached hydrogens (tertiary/aromatic N) is 1. The van der Waals surface area contributed by atoms with Crippen LogP contribution in [0, 0.1) is 0 Å². The van der Waals surface area contributed by atoms with Crippen molar-refractivity contribution in [2.45, 2.75) is 52.4 Å². The molecular weight excluding hydrogens is 248 g/mol. The molecule has 1 fully saturated rings. The predicted molar refractivity (Wildman–Crippen MR) is 70.8 cm³/mol. The molecule has 1 rings (SSSR count). The highest BCUT2D eigenvalue weighted by Crippen LogP contribution is 2.10. The Morgan fingerprint density at radius 3 is 2.42 bits per heavy atom. The Hall–Kier alpha value is -1.30. The van der Waals surface area contributed by atoms with Gasteiger partial charge in [0, 0.05) is 19.6 Å². The molecule has 0 bridgehead atoms. The van der Waals surface area contributed by atoms with Crippen LogP contribution >= 0.6 is 0 Å². The monoisotopic (exact) mass is 272 g/mol. The van der Waals surface area contributed by atoms with Crippen LogP contribution in [0.1, 0.15) is 34.1 Å². The summed E-state index contributed by atoms with van der Waals surface area (Å²) in [7, 11) is 0. The third kappa shape index (κ3) is 5.92. The molecule has 1 saturated heterocycles. The molecule has 1 heterocycles. The first kappa shape index (κ1) is 15.8. The van der Waals surface area contributed by atoms with Crippen molar-refractivity contribution in [2.75, 3.05) is 19.6 Å². The molecule has 2 amide bonds. The van der Waals surface area contributed by atoms with Crippen LogP contribution in [0.5, 0.6) is 0 Å². The average Bonchev–Trinajstić information content (AvgIpc) is 2.26. The van der Waals surface area contributed by atoms with E-state index in [2.05, 4.69) is 5.32 Å². The molecule has 1 aliphatic heterocycles. The Balaban J connectivity index is 2.25. The van der Waals surface area contributed by atoms with Crippen molar-refractivity contribution in [1.29, 1.82) is 0 Å². The SMILES string of the molecule is CC(C)OC(=O)CCNC(=O)N1CC(C)OC(C)C1. The third-order valence-electron chi connectivity index (χ3n) is 2.68. The van der Waals surface area contributed by atoms with Crippen LogP contribution in [-0.4, -0.2) is 54.8 Å². The van der Waals surface area contributed by atoms with Crippen molar-refractivity contribution >= 4 is 12.0 Å². The molecule has 0 aliphatic carbocycles. The van der Waals surface area contributed by atoms with E-state index in [9.17, 15) is 9.59 Å². The maximum absolute atomic E-state index is 11.9. The highest BCUT2D eigenvalue weighted by molar-refractivity contribution is 5.75. The van der Waals surface area contributed by atoms with E-state index >= 15 is 0 Å². The first-order valence-electron chi connectivity index (χ1n) is 6.76. The maximum atomic E-state index is 11.9. The van der Waals surface area contributed by atoms with Crippen molar-refractivity contribution in [3.63, 3.8) is 0 Å². The summed E-state index contributed by atoms with van der Waals surface area (Å²) in [5.74, 6) is -0.293. The minimum absolute atomic E-state index is 0.0420. The third-order valence-corrected chi connectivity index (χ3v) is 2.68. The zero-order chi connectivity index (χ0) is 14.4. The normalized spacial score (nSPS) is 23.3. The molecule has 0 spiro atoms. The number of carbonyl (C=O) groups is 2. The van der Waals surface area contributed by atoms with Crippen LogP contribution in [0.3, 0.4) is 0 Å². The number of ether oxygens (including phenoxy) is 2. The van der Waals surface area contributed by atoms with Gasteiger partial charge in [0.05, 0.1) is 24.7 Å². The Labute approximate surface area is 114 Å². The number of rotatable bonds is 4. The second-order valence-electron chi connectivity index (χ2n) is 5.18. The van der Waals surface area contributed by atoms with Gasteiger partial charge in [-0.25, -0.2) is 4.79 Å². The second kappa shape index (κ2) is 7.33. The van der Waals surface area contributed by atoms with Gasteiger partial charge in [0.25, 0.3) is 0 Å². The van der Waals surface area contributed by atoms with Gasteiger partial charge in [-0.3, -0.25) is 4.79 Å². The van der Waals surface area contributed by atoms with Crippen LogP contribution in [-0.2, 0) is 14.3 Å². The minimum Gasteiger partial charge on any atom is -0.463 e. The lowest BCUT2D eigenvalue weighted by Gasteiger charge is -2.35. The van der Waals surface area contributed by atoms with E-state index in [0.29, 0.717) is 19.6 Å². The molecule has 110 valence electrons. The summed E-state index contributed by atoms with van der Waals surface area (Å²) in [6.07, 6.45) is 0.157. The number of hydrogen-bond donors (Lipinski definition) is 1. The summed E-state index contributed by atoms with van der Waals surface area (Å²) >= 11 is 0. The predicted octanol–water partition coefficient (Wildman–Crippen LogP) is 1.15. The largest absolute Gasteiger partial charge is 0.463 e. The van der Waals surface area contributed by atoms with Gasteiger partial charge in [-0.05, 0) is 27.7 Å². The molecule has 6 heteroatoms. The molecular formula is C13H24N2O4.